The van der Waals surface area contributed by atoms with Crippen LogP contribution in [0.5, 0.6) is 0 Å². The maximum absolute atomic E-state index is 13.2. The van der Waals surface area contributed by atoms with Crippen LogP contribution in [0.1, 0.15) is 21.6 Å². The fourth-order valence-electron chi connectivity index (χ4n) is 3.47. The summed E-state index contributed by atoms with van der Waals surface area (Å²) in [6, 6.07) is 19.7. The third-order valence-electron chi connectivity index (χ3n) is 5.25. The number of aromatic nitrogens is 1. The molecular formula is C25H20Br2N4O3. The third kappa shape index (κ3) is 5.05. The molecule has 0 saturated carbocycles. The van der Waals surface area contributed by atoms with E-state index in [-0.39, 0.29) is 5.69 Å². The van der Waals surface area contributed by atoms with Crippen LogP contribution in [-0.4, -0.2) is 22.4 Å². The highest BCUT2D eigenvalue weighted by atomic mass is 79.9. The number of hydrogen-bond acceptors (Lipinski definition) is 3. The first kappa shape index (κ1) is 23.7. The molecule has 0 unspecified atom stereocenters. The van der Waals surface area contributed by atoms with Gasteiger partial charge in [-0.15, -0.1) is 0 Å². The number of carbonyl (C=O) groups excluding carboxylic acids is 3. The smallest absolute Gasteiger partial charge is 0.320 e. The molecule has 0 aliphatic rings. The lowest BCUT2D eigenvalue weighted by Crippen LogP contribution is -2.36. The number of nitrogens with one attached hydrogen (secondary N) is 3. The molecule has 0 radical (unpaired) electrons. The van der Waals surface area contributed by atoms with Gasteiger partial charge >= 0.3 is 11.8 Å². The highest BCUT2D eigenvalue weighted by Crippen LogP contribution is 2.25. The minimum Gasteiger partial charge on any atom is -0.320 e. The molecule has 4 rings (SSSR count). The number of nitrogens with zero attached hydrogens (tertiary/aromatic N) is 1. The molecule has 3 amide bonds. The lowest BCUT2D eigenvalue weighted by molar-refractivity contribution is -0.133. The Morgan fingerprint density at radius 2 is 1.41 bits per heavy atom. The Labute approximate surface area is 212 Å². The molecule has 172 valence electrons. The lowest BCUT2D eigenvalue weighted by atomic mass is 10.2. The van der Waals surface area contributed by atoms with Crippen molar-refractivity contribution >= 4 is 71.9 Å². The molecule has 0 saturated heterocycles. The predicted octanol–water partition coefficient (Wildman–Crippen LogP) is 5.74. The van der Waals surface area contributed by atoms with Crippen LogP contribution in [0.25, 0.3) is 10.9 Å². The molecule has 0 fully saturated rings. The molecule has 7 nitrogen and oxygen atoms in total. The first-order chi connectivity index (χ1) is 16.2. The molecule has 3 aromatic carbocycles. The van der Waals surface area contributed by atoms with E-state index in [1.54, 1.807) is 36.4 Å². The summed E-state index contributed by atoms with van der Waals surface area (Å²) >= 11 is 6.80. The second-order valence-electron chi connectivity index (χ2n) is 7.69. The Hall–Kier alpha value is -3.43. The molecule has 0 atom stereocenters. The van der Waals surface area contributed by atoms with E-state index in [2.05, 4.69) is 47.9 Å². The predicted molar refractivity (Wildman–Crippen MR) is 141 cm³/mol. The second-order valence-corrected chi connectivity index (χ2v) is 9.52. The van der Waals surface area contributed by atoms with Crippen LogP contribution in [-0.2, 0) is 9.59 Å². The van der Waals surface area contributed by atoms with E-state index in [4.69, 9.17) is 0 Å². The Morgan fingerprint density at radius 1 is 0.735 bits per heavy atom. The molecule has 4 aromatic rings. The van der Waals surface area contributed by atoms with E-state index < -0.39 is 17.7 Å². The quantitative estimate of drug-likeness (QED) is 0.267. The Bertz CT molecular complexity index is 1450. The summed E-state index contributed by atoms with van der Waals surface area (Å²) in [5, 5.41) is 6.20. The molecule has 9 heteroatoms. The number of amides is 3. The first-order valence-electron chi connectivity index (χ1n) is 10.3. The standard InChI is InChI=1S/C25H20Br2N4O3/c1-14-5-3-4-6-19(14)28-23(32)22-13-16-12-18(27)8-10-21(16)31(22)30-25(34)24(33)29-20-9-7-17(26)11-15(20)2/h3-13H,1-2H3,(H,28,32)(H,29,33)(H,30,34). The number of anilines is 2. The maximum Gasteiger partial charge on any atom is 0.328 e. The number of halogens is 2. The summed E-state index contributed by atoms with van der Waals surface area (Å²) in [7, 11) is 0. The fraction of sp³-hybridized carbons (Fsp3) is 0.0800. The number of para-hydroxylation sites is 1. The van der Waals surface area contributed by atoms with Crippen molar-refractivity contribution in [2.75, 3.05) is 16.1 Å². The molecule has 34 heavy (non-hydrogen) atoms. The van der Waals surface area contributed by atoms with Gasteiger partial charge in [-0.2, -0.15) is 0 Å². The summed E-state index contributed by atoms with van der Waals surface area (Å²) in [5.74, 6) is -2.19. The summed E-state index contributed by atoms with van der Waals surface area (Å²) in [6.07, 6.45) is 0. The molecule has 3 N–H and O–H groups in total. The van der Waals surface area contributed by atoms with Gasteiger partial charge in [0.2, 0.25) is 0 Å². The van der Waals surface area contributed by atoms with Gasteiger partial charge in [0.15, 0.2) is 0 Å². The molecule has 1 aromatic heterocycles. The van der Waals surface area contributed by atoms with Crippen LogP contribution in [0.4, 0.5) is 11.4 Å². The van der Waals surface area contributed by atoms with Gasteiger partial charge < -0.3 is 10.6 Å². The number of aryl methyl sites for hydroxylation is 2. The Morgan fingerprint density at radius 3 is 2.15 bits per heavy atom. The number of carbonyl (C=O) groups is 3. The van der Waals surface area contributed by atoms with E-state index in [1.165, 1.54) is 4.68 Å². The van der Waals surface area contributed by atoms with Crippen LogP contribution >= 0.6 is 31.9 Å². The van der Waals surface area contributed by atoms with Gasteiger partial charge in [0.25, 0.3) is 5.91 Å². The van der Waals surface area contributed by atoms with Crippen molar-refractivity contribution in [3.63, 3.8) is 0 Å². The SMILES string of the molecule is Cc1cc(Br)ccc1NC(=O)C(=O)Nn1c(C(=O)Nc2ccccc2C)cc2cc(Br)ccc21. The minimum absolute atomic E-state index is 0.178. The minimum atomic E-state index is -0.910. The fourth-order valence-corrected chi connectivity index (χ4v) is 4.33. The van der Waals surface area contributed by atoms with Gasteiger partial charge in [-0.1, -0.05) is 50.1 Å². The van der Waals surface area contributed by atoms with Crippen LogP contribution in [0, 0.1) is 13.8 Å². The van der Waals surface area contributed by atoms with Crippen molar-refractivity contribution in [1.29, 1.82) is 0 Å². The summed E-state index contributed by atoms with van der Waals surface area (Å²) in [6.45, 7) is 3.71. The van der Waals surface area contributed by atoms with Crippen LogP contribution < -0.4 is 16.1 Å². The summed E-state index contributed by atoms with van der Waals surface area (Å²) < 4.78 is 3.01. The maximum atomic E-state index is 13.2. The van der Waals surface area contributed by atoms with E-state index in [9.17, 15) is 14.4 Å². The molecule has 0 aliphatic heterocycles. The zero-order valence-corrected chi connectivity index (χ0v) is 21.5. The van der Waals surface area contributed by atoms with E-state index in [0.717, 1.165) is 20.1 Å². The highest BCUT2D eigenvalue weighted by Gasteiger charge is 2.22. The molecular weight excluding hydrogens is 564 g/mol. The lowest BCUT2D eigenvalue weighted by Gasteiger charge is -2.14. The third-order valence-corrected chi connectivity index (χ3v) is 6.23. The Kier molecular flexibility index (Phi) is 6.85. The average Bonchev–Trinajstić information content (AvgIpc) is 3.14. The van der Waals surface area contributed by atoms with Crippen LogP contribution in [0.2, 0.25) is 0 Å². The van der Waals surface area contributed by atoms with Crippen molar-refractivity contribution in [2.45, 2.75) is 13.8 Å². The number of rotatable bonds is 4. The van der Waals surface area contributed by atoms with Crippen molar-refractivity contribution < 1.29 is 14.4 Å². The van der Waals surface area contributed by atoms with Gasteiger partial charge in [0.1, 0.15) is 5.69 Å². The van der Waals surface area contributed by atoms with Crippen molar-refractivity contribution in [3.8, 4) is 0 Å². The number of benzene rings is 3. The van der Waals surface area contributed by atoms with E-state index >= 15 is 0 Å². The summed E-state index contributed by atoms with van der Waals surface area (Å²) in [5.41, 5.74) is 6.18. The van der Waals surface area contributed by atoms with Gasteiger partial charge in [-0.25, -0.2) is 4.68 Å². The zero-order chi connectivity index (χ0) is 24.4. The zero-order valence-electron chi connectivity index (χ0n) is 18.3. The van der Waals surface area contributed by atoms with E-state index in [0.29, 0.717) is 22.3 Å². The van der Waals surface area contributed by atoms with Crippen LogP contribution in [0.3, 0.4) is 0 Å². The van der Waals surface area contributed by atoms with Crippen molar-refractivity contribution in [3.05, 3.63) is 92.5 Å². The summed E-state index contributed by atoms with van der Waals surface area (Å²) in [4.78, 5) is 38.6. The first-order valence-corrected chi connectivity index (χ1v) is 11.9. The highest BCUT2D eigenvalue weighted by molar-refractivity contribution is 9.10. The van der Waals surface area contributed by atoms with Gasteiger partial charge in [0.05, 0.1) is 5.52 Å². The molecule has 0 bridgehead atoms. The molecule has 1 heterocycles. The average molecular weight is 584 g/mol. The number of hydrogen-bond donors (Lipinski definition) is 3. The van der Waals surface area contributed by atoms with Gasteiger partial charge in [0, 0.05) is 25.7 Å². The number of fused-ring (bicyclic) bond motifs is 1. The van der Waals surface area contributed by atoms with E-state index in [1.807, 2.05) is 44.2 Å². The molecule has 0 aliphatic carbocycles. The topological polar surface area (TPSA) is 92.2 Å². The van der Waals surface area contributed by atoms with Crippen molar-refractivity contribution in [2.24, 2.45) is 0 Å². The second kappa shape index (κ2) is 9.82. The Balaban J connectivity index is 1.64. The van der Waals surface area contributed by atoms with Gasteiger partial charge in [-0.3, -0.25) is 19.8 Å². The monoisotopic (exact) mass is 582 g/mol. The largest absolute Gasteiger partial charge is 0.328 e. The normalized spacial score (nSPS) is 10.7. The van der Waals surface area contributed by atoms with Gasteiger partial charge in [-0.05, 0) is 73.5 Å². The van der Waals surface area contributed by atoms with Crippen LogP contribution in [0.15, 0.2) is 75.7 Å². The van der Waals surface area contributed by atoms with Crippen molar-refractivity contribution in [1.82, 2.24) is 4.68 Å². The molecule has 0 spiro atoms.